The van der Waals surface area contributed by atoms with Gasteiger partial charge in [0.25, 0.3) is 0 Å². The summed E-state index contributed by atoms with van der Waals surface area (Å²) in [6.07, 6.45) is 2.57. The van der Waals surface area contributed by atoms with Crippen LogP contribution in [0.15, 0.2) is 24.3 Å². The van der Waals surface area contributed by atoms with E-state index in [1.165, 1.54) is 18.4 Å². The van der Waals surface area contributed by atoms with Crippen molar-refractivity contribution >= 4 is 11.6 Å². The van der Waals surface area contributed by atoms with Crippen molar-refractivity contribution in [3.05, 3.63) is 46.1 Å². The summed E-state index contributed by atoms with van der Waals surface area (Å²) in [7, 11) is 0. The van der Waals surface area contributed by atoms with Crippen LogP contribution >= 0.6 is 11.6 Å². The van der Waals surface area contributed by atoms with Crippen LogP contribution in [0.3, 0.4) is 0 Å². The number of nitriles is 1. The first-order valence-electron chi connectivity index (χ1n) is 6.85. The van der Waals surface area contributed by atoms with Crippen molar-refractivity contribution in [2.24, 2.45) is 0 Å². The fourth-order valence-corrected chi connectivity index (χ4v) is 2.49. The van der Waals surface area contributed by atoms with E-state index in [-0.39, 0.29) is 11.6 Å². The topological polar surface area (TPSA) is 58.8 Å². The van der Waals surface area contributed by atoms with Crippen molar-refractivity contribution in [3.63, 3.8) is 0 Å². The quantitative estimate of drug-likeness (QED) is 0.850. The lowest BCUT2D eigenvalue weighted by Gasteiger charge is -2.14. The first-order chi connectivity index (χ1) is 10.2. The third kappa shape index (κ3) is 2.98. The van der Waals surface area contributed by atoms with Crippen LogP contribution in [-0.2, 0) is 6.42 Å². The molecule has 5 heteroatoms. The van der Waals surface area contributed by atoms with Gasteiger partial charge in [-0.15, -0.1) is 10.2 Å². The van der Waals surface area contributed by atoms with Gasteiger partial charge in [0.15, 0.2) is 5.15 Å². The molecule has 0 N–H and O–H groups in total. The van der Waals surface area contributed by atoms with Gasteiger partial charge in [0.1, 0.15) is 5.75 Å². The molecule has 1 aliphatic carbocycles. The average molecular weight is 300 g/mol. The molecule has 0 aliphatic heterocycles. The third-order valence-corrected chi connectivity index (χ3v) is 3.72. The standard InChI is InChI=1S/C16H14ClN3O/c1-10-3-2-4-13(11-5-6-11)15(10)21-16-12(7-8-18)9-14(17)19-20-16/h2-4,9,11H,5-7H2,1H3. The minimum absolute atomic E-state index is 0.190. The number of aromatic nitrogens is 2. The number of hydrogen-bond acceptors (Lipinski definition) is 4. The first kappa shape index (κ1) is 13.8. The molecule has 0 spiro atoms. The second kappa shape index (κ2) is 5.71. The monoisotopic (exact) mass is 299 g/mol. The van der Waals surface area contributed by atoms with Crippen LogP contribution in [0.25, 0.3) is 0 Å². The molecule has 0 amide bonds. The summed E-state index contributed by atoms with van der Waals surface area (Å²) in [5.41, 5.74) is 2.91. The third-order valence-electron chi connectivity index (χ3n) is 3.53. The minimum Gasteiger partial charge on any atom is -0.437 e. The van der Waals surface area contributed by atoms with Crippen molar-refractivity contribution in [2.75, 3.05) is 0 Å². The summed E-state index contributed by atoms with van der Waals surface area (Å²) in [6.45, 7) is 2.01. The number of hydrogen-bond donors (Lipinski definition) is 0. The SMILES string of the molecule is Cc1cccc(C2CC2)c1Oc1nnc(Cl)cc1CC#N. The van der Waals surface area contributed by atoms with Gasteiger partial charge in [-0.05, 0) is 42.9 Å². The lowest BCUT2D eigenvalue weighted by Crippen LogP contribution is -2.00. The molecular formula is C16H14ClN3O. The Labute approximate surface area is 128 Å². The number of rotatable bonds is 4. The molecule has 21 heavy (non-hydrogen) atoms. The van der Waals surface area contributed by atoms with Crippen LogP contribution in [0.2, 0.25) is 5.15 Å². The zero-order valence-corrected chi connectivity index (χ0v) is 12.4. The predicted octanol–water partition coefficient (Wildman–Crippen LogP) is 4.17. The summed E-state index contributed by atoms with van der Waals surface area (Å²) in [5.74, 6) is 1.76. The van der Waals surface area contributed by atoms with Gasteiger partial charge in [0.05, 0.1) is 12.5 Å². The highest BCUT2D eigenvalue weighted by Crippen LogP contribution is 2.46. The number of halogens is 1. The molecule has 4 nitrogen and oxygen atoms in total. The molecule has 106 valence electrons. The lowest BCUT2D eigenvalue weighted by molar-refractivity contribution is 0.441. The molecule has 2 aromatic rings. The maximum atomic E-state index is 8.91. The summed E-state index contributed by atoms with van der Waals surface area (Å²) >= 11 is 5.84. The molecule has 1 heterocycles. The van der Waals surface area contributed by atoms with E-state index in [9.17, 15) is 0 Å². The number of para-hydroxylation sites is 1. The van der Waals surface area contributed by atoms with E-state index in [2.05, 4.69) is 22.3 Å². The van der Waals surface area contributed by atoms with Crippen LogP contribution in [0, 0.1) is 18.3 Å². The Kier molecular flexibility index (Phi) is 3.76. The highest BCUT2D eigenvalue weighted by Gasteiger charge is 2.28. The van der Waals surface area contributed by atoms with E-state index in [1.807, 2.05) is 19.1 Å². The Morgan fingerprint density at radius 1 is 1.38 bits per heavy atom. The zero-order chi connectivity index (χ0) is 14.8. The van der Waals surface area contributed by atoms with E-state index in [4.69, 9.17) is 21.6 Å². The van der Waals surface area contributed by atoms with Crippen LogP contribution in [-0.4, -0.2) is 10.2 Å². The van der Waals surface area contributed by atoms with Gasteiger partial charge in [-0.25, -0.2) is 0 Å². The first-order valence-corrected chi connectivity index (χ1v) is 7.23. The normalized spacial score (nSPS) is 13.8. The molecule has 1 fully saturated rings. The lowest BCUT2D eigenvalue weighted by atomic mass is 10.1. The molecule has 1 aliphatic rings. The van der Waals surface area contributed by atoms with Crippen LogP contribution in [0.1, 0.15) is 35.4 Å². The average Bonchev–Trinajstić information content (AvgIpc) is 3.28. The van der Waals surface area contributed by atoms with Gasteiger partial charge in [0, 0.05) is 5.56 Å². The largest absolute Gasteiger partial charge is 0.437 e. The maximum Gasteiger partial charge on any atom is 0.243 e. The van der Waals surface area contributed by atoms with Crippen molar-refractivity contribution in [2.45, 2.75) is 32.1 Å². The highest BCUT2D eigenvalue weighted by molar-refractivity contribution is 6.29. The van der Waals surface area contributed by atoms with Gasteiger partial charge >= 0.3 is 0 Å². The number of ether oxygens (including phenoxy) is 1. The molecular weight excluding hydrogens is 286 g/mol. The van der Waals surface area contributed by atoms with Gasteiger partial charge < -0.3 is 4.74 Å². The molecule has 0 saturated heterocycles. The molecule has 1 aromatic carbocycles. The van der Waals surface area contributed by atoms with Crippen LogP contribution in [0.5, 0.6) is 11.6 Å². The summed E-state index contributed by atoms with van der Waals surface area (Å²) in [5, 5.41) is 17.0. The molecule has 1 aromatic heterocycles. The molecule has 0 radical (unpaired) electrons. The Balaban J connectivity index is 1.99. The maximum absolute atomic E-state index is 8.91. The van der Waals surface area contributed by atoms with E-state index in [1.54, 1.807) is 6.07 Å². The van der Waals surface area contributed by atoms with E-state index in [0.29, 0.717) is 17.4 Å². The molecule has 3 rings (SSSR count). The van der Waals surface area contributed by atoms with Gasteiger partial charge in [0.2, 0.25) is 5.88 Å². The van der Waals surface area contributed by atoms with Crippen molar-refractivity contribution in [1.29, 1.82) is 5.26 Å². The number of aryl methyl sites for hydroxylation is 1. The van der Waals surface area contributed by atoms with E-state index in [0.717, 1.165) is 11.3 Å². The molecule has 1 saturated carbocycles. The Hall–Kier alpha value is -2.12. The second-order valence-corrected chi connectivity index (χ2v) is 5.59. The fraction of sp³-hybridized carbons (Fsp3) is 0.312. The van der Waals surface area contributed by atoms with Crippen molar-refractivity contribution < 1.29 is 4.74 Å². The summed E-state index contributed by atoms with van der Waals surface area (Å²) in [6, 6.07) is 9.86. The smallest absolute Gasteiger partial charge is 0.243 e. The molecule has 0 unspecified atom stereocenters. The predicted molar refractivity (Wildman–Crippen MR) is 79.6 cm³/mol. The van der Waals surface area contributed by atoms with E-state index >= 15 is 0 Å². The fourth-order valence-electron chi connectivity index (χ4n) is 2.32. The Bertz CT molecular complexity index is 720. The Morgan fingerprint density at radius 2 is 2.19 bits per heavy atom. The van der Waals surface area contributed by atoms with Crippen LogP contribution in [0.4, 0.5) is 0 Å². The van der Waals surface area contributed by atoms with E-state index < -0.39 is 0 Å². The van der Waals surface area contributed by atoms with Gasteiger partial charge in [-0.2, -0.15) is 5.26 Å². The second-order valence-electron chi connectivity index (χ2n) is 5.20. The zero-order valence-electron chi connectivity index (χ0n) is 11.6. The summed E-state index contributed by atoms with van der Waals surface area (Å²) in [4.78, 5) is 0. The van der Waals surface area contributed by atoms with Gasteiger partial charge in [-0.1, -0.05) is 29.8 Å². The number of nitrogens with zero attached hydrogens (tertiary/aromatic N) is 3. The van der Waals surface area contributed by atoms with Crippen LogP contribution < -0.4 is 4.74 Å². The molecule has 0 bridgehead atoms. The molecule has 0 atom stereocenters. The van der Waals surface area contributed by atoms with Crippen molar-refractivity contribution in [1.82, 2.24) is 10.2 Å². The number of benzene rings is 1. The highest BCUT2D eigenvalue weighted by atomic mass is 35.5. The van der Waals surface area contributed by atoms with Crippen molar-refractivity contribution in [3.8, 4) is 17.7 Å². The Morgan fingerprint density at radius 3 is 2.90 bits per heavy atom. The summed E-state index contributed by atoms with van der Waals surface area (Å²) < 4.78 is 6.00. The minimum atomic E-state index is 0.190. The van der Waals surface area contributed by atoms with Gasteiger partial charge in [-0.3, -0.25) is 0 Å².